The maximum Gasteiger partial charge on any atom is 0.417 e. The molecule has 184 valence electrons. The van der Waals surface area contributed by atoms with Gasteiger partial charge in [0.05, 0.1) is 23.1 Å². The molecule has 0 bridgehead atoms. The van der Waals surface area contributed by atoms with Crippen LogP contribution in [0.5, 0.6) is 11.5 Å². The van der Waals surface area contributed by atoms with Crippen LogP contribution >= 0.6 is 11.6 Å². The molecule has 1 aromatic heterocycles. The molecular formula is C24H21ClF3N3O4. The molecule has 1 atom stereocenters. The van der Waals surface area contributed by atoms with Gasteiger partial charge >= 0.3 is 6.18 Å². The number of ether oxygens (including phenoxy) is 1. The number of nitrogens with one attached hydrogen (secondary N) is 2. The largest absolute Gasteiger partial charge is 0.457 e. The number of amides is 2. The number of benzene rings is 2. The summed E-state index contributed by atoms with van der Waals surface area (Å²) in [4.78, 5) is 28.0. The first-order chi connectivity index (χ1) is 16.5. The summed E-state index contributed by atoms with van der Waals surface area (Å²) < 4.78 is 44.8. The summed E-state index contributed by atoms with van der Waals surface area (Å²) in [5.41, 5.74) is 0.0853. The Morgan fingerprint density at radius 2 is 1.89 bits per heavy atom. The van der Waals surface area contributed by atoms with Gasteiger partial charge in [0.15, 0.2) is 0 Å². The number of hydrogen-bond donors (Lipinski definition) is 3. The maximum absolute atomic E-state index is 13.0. The minimum Gasteiger partial charge on any atom is -0.457 e. The van der Waals surface area contributed by atoms with Crippen LogP contribution in [0.25, 0.3) is 0 Å². The van der Waals surface area contributed by atoms with Gasteiger partial charge in [-0.05, 0) is 54.4 Å². The number of aliphatic hydroxyl groups excluding tert-OH is 1. The molecule has 11 heteroatoms. The van der Waals surface area contributed by atoms with E-state index >= 15 is 0 Å². The van der Waals surface area contributed by atoms with Crippen molar-refractivity contribution in [3.63, 3.8) is 0 Å². The fourth-order valence-electron chi connectivity index (χ4n) is 3.17. The van der Waals surface area contributed by atoms with Gasteiger partial charge in [-0.15, -0.1) is 0 Å². The summed E-state index contributed by atoms with van der Waals surface area (Å²) >= 11 is 5.58. The first kappa shape index (κ1) is 26.0. The molecule has 0 radical (unpaired) electrons. The molecule has 3 aromatic rings. The van der Waals surface area contributed by atoms with Crippen LogP contribution in [-0.4, -0.2) is 29.0 Å². The minimum atomic E-state index is -4.67. The van der Waals surface area contributed by atoms with E-state index in [4.69, 9.17) is 16.3 Å². The Labute approximate surface area is 203 Å². The van der Waals surface area contributed by atoms with Crippen molar-refractivity contribution < 1.29 is 32.6 Å². The molecule has 0 aliphatic rings. The van der Waals surface area contributed by atoms with Crippen molar-refractivity contribution in [3.8, 4) is 11.5 Å². The summed E-state index contributed by atoms with van der Waals surface area (Å²) in [6, 6.07) is 10.9. The second kappa shape index (κ2) is 10.7. The lowest BCUT2D eigenvalue weighted by atomic mass is 10.0. The quantitative estimate of drug-likeness (QED) is 0.404. The van der Waals surface area contributed by atoms with E-state index < -0.39 is 28.8 Å². The number of aryl methyl sites for hydroxylation is 1. The lowest BCUT2D eigenvalue weighted by Gasteiger charge is -2.15. The Kier molecular flexibility index (Phi) is 7.98. The average Bonchev–Trinajstić information content (AvgIpc) is 2.80. The Morgan fingerprint density at radius 1 is 1.14 bits per heavy atom. The van der Waals surface area contributed by atoms with Crippen LogP contribution in [0.15, 0.2) is 54.7 Å². The van der Waals surface area contributed by atoms with Crippen LogP contribution in [0.2, 0.25) is 5.02 Å². The molecule has 35 heavy (non-hydrogen) atoms. The smallest absolute Gasteiger partial charge is 0.417 e. The molecule has 0 saturated heterocycles. The lowest BCUT2D eigenvalue weighted by molar-refractivity contribution is -0.137. The predicted molar refractivity (Wildman–Crippen MR) is 124 cm³/mol. The summed E-state index contributed by atoms with van der Waals surface area (Å²) in [5, 5.41) is 14.8. The summed E-state index contributed by atoms with van der Waals surface area (Å²) in [7, 11) is 1.49. The van der Waals surface area contributed by atoms with E-state index in [0.717, 1.165) is 12.1 Å². The lowest BCUT2D eigenvalue weighted by Crippen LogP contribution is -2.18. The van der Waals surface area contributed by atoms with Crippen LogP contribution in [0.1, 0.15) is 39.7 Å². The second-order valence-electron chi connectivity index (χ2n) is 7.54. The molecule has 3 rings (SSSR count). The van der Waals surface area contributed by atoms with Crippen molar-refractivity contribution in [3.05, 3.63) is 82.1 Å². The van der Waals surface area contributed by atoms with E-state index in [1.807, 2.05) is 0 Å². The Morgan fingerprint density at radius 3 is 2.54 bits per heavy atom. The molecule has 0 aliphatic heterocycles. The molecule has 7 nitrogen and oxygen atoms in total. The highest BCUT2D eigenvalue weighted by Gasteiger charge is 2.33. The highest BCUT2D eigenvalue weighted by molar-refractivity contribution is 6.31. The van der Waals surface area contributed by atoms with Gasteiger partial charge in [0.25, 0.3) is 5.91 Å². The Bertz CT molecular complexity index is 1250. The first-order valence-corrected chi connectivity index (χ1v) is 10.7. The summed E-state index contributed by atoms with van der Waals surface area (Å²) in [5.74, 6) is -0.197. The number of pyridine rings is 1. The molecule has 2 aromatic carbocycles. The third-order valence-corrected chi connectivity index (χ3v) is 5.27. The van der Waals surface area contributed by atoms with Gasteiger partial charge in [-0.2, -0.15) is 13.2 Å². The third kappa shape index (κ3) is 6.71. The van der Waals surface area contributed by atoms with Crippen LogP contribution < -0.4 is 15.4 Å². The van der Waals surface area contributed by atoms with E-state index in [2.05, 4.69) is 15.6 Å². The fourth-order valence-corrected chi connectivity index (χ4v) is 3.40. The predicted octanol–water partition coefficient (Wildman–Crippen LogP) is 5.28. The first-order valence-electron chi connectivity index (χ1n) is 10.3. The number of carbonyl (C=O) groups is 2. The standard InChI is InChI=1S/C24H21ClF3N3O4/c1-13-9-14(3-6-21(13)35-16-7-8-30-19(11-16)23(34)29-2)20(32)12-22(33)31-15-4-5-18(25)17(10-15)24(26,27)28/h3-11,20,32H,12H2,1-2H3,(H,29,34)(H,31,33). The maximum atomic E-state index is 13.0. The van der Waals surface area contributed by atoms with Gasteiger partial charge in [0.2, 0.25) is 5.91 Å². The van der Waals surface area contributed by atoms with Crippen molar-refractivity contribution in [1.82, 2.24) is 10.3 Å². The summed E-state index contributed by atoms with van der Waals surface area (Å²) in [6.07, 6.45) is -4.83. The van der Waals surface area contributed by atoms with E-state index in [9.17, 15) is 27.9 Å². The Balaban J connectivity index is 1.67. The number of carbonyl (C=O) groups excluding carboxylic acids is 2. The highest BCUT2D eigenvalue weighted by Crippen LogP contribution is 2.36. The zero-order valence-electron chi connectivity index (χ0n) is 18.6. The van der Waals surface area contributed by atoms with Gasteiger partial charge in [-0.1, -0.05) is 17.7 Å². The van der Waals surface area contributed by atoms with E-state index in [1.165, 1.54) is 25.4 Å². The van der Waals surface area contributed by atoms with Crippen LogP contribution in [0, 0.1) is 6.92 Å². The van der Waals surface area contributed by atoms with Gasteiger partial charge in [-0.3, -0.25) is 14.6 Å². The van der Waals surface area contributed by atoms with Crippen molar-refractivity contribution in [2.45, 2.75) is 25.6 Å². The van der Waals surface area contributed by atoms with Crippen molar-refractivity contribution in [1.29, 1.82) is 0 Å². The average molecular weight is 508 g/mol. The van der Waals surface area contributed by atoms with Gasteiger partial charge in [-0.25, -0.2) is 0 Å². The van der Waals surface area contributed by atoms with E-state index in [1.54, 1.807) is 31.2 Å². The number of halogens is 4. The molecule has 1 heterocycles. The number of anilines is 1. The monoisotopic (exact) mass is 507 g/mol. The highest BCUT2D eigenvalue weighted by atomic mass is 35.5. The topological polar surface area (TPSA) is 101 Å². The molecule has 3 N–H and O–H groups in total. The van der Waals surface area contributed by atoms with Gasteiger partial charge in [0.1, 0.15) is 17.2 Å². The SMILES string of the molecule is CNC(=O)c1cc(Oc2ccc(C(O)CC(=O)Nc3ccc(Cl)c(C(F)(F)F)c3)cc2C)ccn1. The van der Waals surface area contributed by atoms with Crippen molar-refractivity contribution in [2.24, 2.45) is 0 Å². The van der Waals surface area contributed by atoms with E-state index in [-0.39, 0.29) is 23.7 Å². The molecule has 0 aliphatic carbocycles. The van der Waals surface area contributed by atoms with E-state index in [0.29, 0.717) is 22.6 Å². The third-order valence-electron chi connectivity index (χ3n) is 4.94. The minimum absolute atomic E-state index is 0.0904. The molecule has 2 amide bonds. The van der Waals surface area contributed by atoms with Crippen LogP contribution in [0.3, 0.4) is 0 Å². The molecular weight excluding hydrogens is 487 g/mol. The molecule has 1 unspecified atom stereocenters. The summed E-state index contributed by atoms with van der Waals surface area (Å²) in [6.45, 7) is 1.73. The zero-order chi connectivity index (χ0) is 25.8. The molecule has 0 fully saturated rings. The zero-order valence-corrected chi connectivity index (χ0v) is 19.4. The number of aromatic nitrogens is 1. The normalized spacial score (nSPS) is 12.1. The Hall–Kier alpha value is -3.63. The number of rotatable bonds is 7. The van der Waals surface area contributed by atoms with Gasteiger partial charge < -0.3 is 20.5 Å². The second-order valence-corrected chi connectivity index (χ2v) is 7.95. The molecule has 0 spiro atoms. The fraction of sp³-hybridized carbons (Fsp3) is 0.208. The number of hydrogen-bond acceptors (Lipinski definition) is 5. The molecule has 0 saturated carbocycles. The number of alkyl halides is 3. The number of nitrogens with zero attached hydrogens (tertiary/aromatic N) is 1. The van der Waals surface area contributed by atoms with Crippen LogP contribution in [-0.2, 0) is 11.0 Å². The van der Waals surface area contributed by atoms with Crippen LogP contribution in [0.4, 0.5) is 18.9 Å². The number of aliphatic hydroxyl groups is 1. The van der Waals surface area contributed by atoms with Crippen molar-refractivity contribution in [2.75, 3.05) is 12.4 Å². The van der Waals surface area contributed by atoms with Gasteiger partial charge in [0, 0.05) is 25.0 Å². The van der Waals surface area contributed by atoms with Crippen molar-refractivity contribution >= 4 is 29.1 Å².